The quantitative estimate of drug-likeness (QED) is 0.888. The summed E-state index contributed by atoms with van der Waals surface area (Å²) in [6, 6.07) is 8.12. The van der Waals surface area contributed by atoms with Crippen LogP contribution < -0.4 is 5.32 Å². The average molecular weight is 281 g/mol. The van der Waals surface area contributed by atoms with Crippen LogP contribution in [0.25, 0.3) is 0 Å². The largest absolute Gasteiger partial charge is 0.304 e. The van der Waals surface area contributed by atoms with Crippen LogP contribution in [0.1, 0.15) is 35.7 Å². The number of rotatable bonds is 5. The lowest BCUT2D eigenvalue weighted by Crippen LogP contribution is -2.23. The van der Waals surface area contributed by atoms with Crippen molar-refractivity contribution in [2.45, 2.75) is 26.3 Å². The van der Waals surface area contributed by atoms with Crippen LogP contribution in [-0.4, -0.2) is 11.5 Å². The second-order valence-electron chi connectivity index (χ2n) is 4.27. The van der Waals surface area contributed by atoms with E-state index < -0.39 is 0 Å². The maximum Gasteiger partial charge on any atom is 0.114 e. The predicted molar refractivity (Wildman–Crippen MR) is 78.4 cm³/mol. The Morgan fingerprint density at radius 1 is 1.44 bits per heavy atom. The van der Waals surface area contributed by atoms with Crippen LogP contribution in [0, 0.1) is 6.92 Å². The fourth-order valence-electron chi connectivity index (χ4n) is 1.83. The highest BCUT2D eigenvalue weighted by molar-refractivity contribution is 7.09. The molecule has 96 valence electrons. The van der Waals surface area contributed by atoms with E-state index in [0.717, 1.165) is 28.7 Å². The highest BCUT2D eigenvalue weighted by atomic mass is 35.5. The molecule has 2 rings (SSSR count). The predicted octanol–water partition coefficient (Wildman–Crippen LogP) is 4.19. The van der Waals surface area contributed by atoms with Gasteiger partial charge >= 0.3 is 0 Å². The van der Waals surface area contributed by atoms with Gasteiger partial charge in [-0.1, -0.05) is 30.7 Å². The molecule has 0 aliphatic heterocycles. The molecule has 0 saturated heterocycles. The van der Waals surface area contributed by atoms with Crippen LogP contribution in [0.2, 0.25) is 5.02 Å². The first-order valence-corrected chi connectivity index (χ1v) is 7.37. The number of aryl methyl sites for hydroxylation is 1. The Balaban J connectivity index is 2.30. The third-order valence-electron chi connectivity index (χ3n) is 2.66. The van der Waals surface area contributed by atoms with Crippen LogP contribution in [0.3, 0.4) is 0 Å². The van der Waals surface area contributed by atoms with Gasteiger partial charge in [-0.05, 0) is 37.6 Å². The summed E-state index contributed by atoms with van der Waals surface area (Å²) in [4.78, 5) is 4.58. The lowest BCUT2D eigenvalue weighted by molar-refractivity contribution is 0.595. The van der Waals surface area contributed by atoms with Gasteiger partial charge in [0.05, 0.1) is 6.04 Å². The third-order valence-corrected chi connectivity index (χ3v) is 3.93. The Labute approximate surface area is 117 Å². The maximum atomic E-state index is 6.07. The molecule has 0 amide bonds. The van der Waals surface area contributed by atoms with Crippen LogP contribution >= 0.6 is 22.9 Å². The molecule has 0 aliphatic carbocycles. The number of hydrogen-bond donors (Lipinski definition) is 1. The molecule has 1 unspecified atom stereocenters. The zero-order valence-corrected chi connectivity index (χ0v) is 12.2. The van der Waals surface area contributed by atoms with E-state index in [1.807, 2.05) is 25.1 Å². The third kappa shape index (κ3) is 3.31. The lowest BCUT2D eigenvalue weighted by Gasteiger charge is -2.16. The number of halogens is 1. The highest BCUT2D eigenvalue weighted by Crippen LogP contribution is 2.26. The Bertz CT molecular complexity index is 510. The van der Waals surface area contributed by atoms with Gasteiger partial charge in [0.15, 0.2) is 0 Å². The maximum absolute atomic E-state index is 6.07. The summed E-state index contributed by atoms with van der Waals surface area (Å²) in [5.41, 5.74) is 2.24. The van der Waals surface area contributed by atoms with Crippen molar-refractivity contribution in [3.8, 4) is 0 Å². The van der Waals surface area contributed by atoms with Crippen molar-refractivity contribution in [2.24, 2.45) is 0 Å². The summed E-state index contributed by atoms with van der Waals surface area (Å²) in [7, 11) is 0. The first-order chi connectivity index (χ1) is 8.70. The van der Waals surface area contributed by atoms with E-state index in [2.05, 4.69) is 28.7 Å². The van der Waals surface area contributed by atoms with Gasteiger partial charge in [-0.2, -0.15) is 0 Å². The Morgan fingerprint density at radius 3 is 2.89 bits per heavy atom. The van der Waals surface area contributed by atoms with Crippen LogP contribution in [-0.2, 0) is 0 Å². The second-order valence-corrected chi connectivity index (χ2v) is 5.60. The molecule has 1 N–H and O–H groups in total. The molecular weight excluding hydrogens is 264 g/mol. The molecule has 4 heteroatoms. The van der Waals surface area contributed by atoms with Crippen molar-refractivity contribution in [2.75, 3.05) is 6.54 Å². The Morgan fingerprint density at radius 2 is 2.28 bits per heavy atom. The zero-order chi connectivity index (χ0) is 13.0. The molecule has 0 aliphatic rings. The van der Waals surface area contributed by atoms with Gasteiger partial charge in [-0.3, -0.25) is 0 Å². The minimum Gasteiger partial charge on any atom is -0.304 e. The Kier molecular flexibility index (Phi) is 4.75. The van der Waals surface area contributed by atoms with Crippen molar-refractivity contribution in [3.63, 3.8) is 0 Å². The van der Waals surface area contributed by atoms with Gasteiger partial charge < -0.3 is 5.32 Å². The molecule has 1 aromatic carbocycles. The van der Waals surface area contributed by atoms with Crippen molar-refractivity contribution in [3.05, 3.63) is 50.9 Å². The SMILES string of the molecule is CCCNC(c1cccc(Cl)c1)c1nc(C)cs1. The molecule has 1 atom stereocenters. The average Bonchev–Trinajstić information content (AvgIpc) is 2.76. The molecule has 0 spiro atoms. The van der Waals surface area contributed by atoms with Crippen molar-refractivity contribution >= 4 is 22.9 Å². The van der Waals surface area contributed by atoms with Crippen molar-refractivity contribution in [1.29, 1.82) is 0 Å². The first-order valence-electron chi connectivity index (χ1n) is 6.11. The Hall–Kier alpha value is -0.900. The molecule has 0 fully saturated rings. The normalized spacial score (nSPS) is 12.6. The van der Waals surface area contributed by atoms with Crippen LogP contribution in [0.15, 0.2) is 29.6 Å². The molecule has 0 saturated carbocycles. The van der Waals surface area contributed by atoms with E-state index in [4.69, 9.17) is 11.6 Å². The molecule has 0 bridgehead atoms. The van der Waals surface area contributed by atoms with Crippen LogP contribution in [0.5, 0.6) is 0 Å². The summed E-state index contributed by atoms with van der Waals surface area (Å²) in [5, 5.41) is 7.48. The summed E-state index contributed by atoms with van der Waals surface area (Å²) >= 11 is 7.76. The molecule has 2 aromatic rings. The van der Waals surface area contributed by atoms with Gasteiger partial charge in [0.1, 0.15) is 5.01 Å². The molecule has 0 radical (unpaired) electrons. The number of hydrogen-bond acceptors (Lipinski definition) is 3. The summed E-state index contributed by atoms with van der Waals surface area (Å²) in [6.07, 6.45) is 1.10. The molecule has 2 nitrogen and oxygen atoms in total. The monoisotopic (exact) mass is 280 g/mol. The number of benzene rings is 1. The van der Waals surface area contributed by atoms with E-state index in [-0.39, 0.29) is 6.04 Å². The van der Waals surface area contributed by atoms with Crippen molar-refractivity contribution in [1.82, 2.24) is 10.3 Å². The first kappa shape index (κ1) is 13.5. The lowest BCUT2D eigenvalue weighted by atomic mass is 10.1. The number of aromatic nitrogens is 1. The van der Waals surface area contributed by atoms with Gasteiger partial charge in [0, 0.05) is 16.1 Å². The van der Waals surface area contributed by atoms with Gasteiger partial charge in [0.25, 0.3) is 0 Å². The molecule has 18 heavy (non-hydrogen) atoms. The second kappa shape index (κ2) is 6.32. The van der Waals surface area contributed by atoms with Gasteiger partial charge in [-0.25, -0.2) is 4.98 Å². The minimum atomic E-state index is 0.141. The van der Waals surface area contributed by atoms with Gasteiger partial charge in [-0.15, -0.1) is 11.3 Å². The topological polar surface area (TPSA) is 24.9 Å². The number of thiazole rings is 1. The number of nitrogens with one attached hydrogen (secondary N) is 1. The van der Waals surface area contributed by atoms with E-state index >= 15 is 0 Å². The summed E-state index contributed by atoms with van der Waals surface area (Å²) < 4.78 is 0. The standard InChI is InChI=1S/C14H17ClN2S/c1-3-7-16-13(14-17-10(2)9-18-14)11-5-4-6-12(15)8-11/h4-6,8-9,13,16H,3,7H2,1-2H3. The fraction of sp³-hybridized carbons (Fsp3) is 0.357. The number of nitrogens with zero attached hydrogens (tertiary/aromatic N) is 1. The molecular formula is C14H17ClN2S. The van der Waals surface area contributed by atoms with Gasteiger partial charge in [0.2, 0.25) is 0 Å². The summed E-state index contributed by atoms with van der Waals surface area (Å²) in [6.45, 7) is 5.15. The van der Waals surface area contributed by atoms with Crippen molar-refractivity contribution < 1.29 is 0 Å². The van der Waals surface area contributed by atoms with Crippen LogP contribution in [0.4, 0.5) is 0 Å². The molecule has 1 aromatic heterocycles. The highest BCUT2D eigenvalue weighted by Gasteiger charge is 2.16. The van der Waals surface area contributed by atoms with E-state index in [9.17, 15) is 0 Å². The smallest absolute Gasteiger partial charge is 0.114 e. The zero-order valence-electron chi connectivity index (χ0n) is 10.6. The summed E-state index contributed by atoms with van der Waals surface area (Å²) in [5.74, 6) is 0. The van der Waals surface area contributed by atoms with E-state index in [1.54, 1.807) is 11.3 Å². The molecule has 1 heterocycles. The van der Waals surface area contributed by atoms with E-state index in [0.29, 0.717) is 0 Å². The minimum absolute atomic E-state index is 0.141. The van der Waals surface area contributed by atoms with E-state index in [1.165, 1.54) is 5.56 Å². The fourth-order valence-corrected chi connectivity index (χ4v) is 2.92.